The number of pyridine rings is 1. The molecule has 7 heteroatoms. The number of carbonyl (C=O) groups excluding carboxylic acids is 1. The summed E-state index contributed by atoms with van der Waals surface area (Å²) >= 11 is 6.42. The van der Waals surface area contributed by atoms with Gasteiger partial charge in [-0.1, -0.05) is 48.0 Å². The third-order valence-electron chi connectivity index (χ3n) is 4.14. The smallest absolute Gasteiger partial charge is 0.271 e. The highest BCUT2D eigenvalue weighted by molar-refractivity contribution is 6.35. The molecule has 27 heavy (non-hydrogen) atoms. The van der Waals surface area contributed by atoms with Crippen LogP contribution in [0.2, 0.25) is 5.02 Å². The number of nitrogen functional groups attached to an aromatic ring is 1. The van der Waals surface area contributed by atoms with Gasteiger partial charge in [0, 0.05) is 22.7 Å². The Labute approximate surface area is 159 Å². The Kier molecular flexibility index (Phi) is 4.18. The van der Waals surface area contributed by atoms with Gasteiger partial charge in [0.15, 0.2) is 11.5 Å². The number of rotatable bonds is 3. The van der Waals surface area contributed by atoms with Crippen molar-refractivity contribution >= 4 is 34.2 Å². The first-order valence-electron chi connectivity index (χ1n) is 8.12. The number of nitrogens with zero attached hydrogens (tertiary/aromatic N) is 3. The van der Waals surface area contributed by atoms with Crippen molar-refractivity contribution in [1.29, 1.82) is 0 Å². The average molecular weight is 376 g/mol. The fourth-order valence-corrected chi connectivity index (χ4v) is 3.19. The zero-order valence-corrected chi connectivity index (χ0v) is 14.8. The van der Waals surface area contributed by atoms with Gasteiger partial charge in [0.2, 0.25) is 0 Å². The second-order valence-electron chi connectivity index (χ2n) is 5.92. The van der Waals surface area contributed by atoms with Gasteiger partial charge in [-0.25, -0.2) is 9.97 Å². The van der Waals surface area contributed by atoms with Crippen molar-refractivity contribution < 1.29 is 4.79 Å². The van der Waals surface area contributed by atoms with Crippen LogP contribution in [0, 0.1) is 0 Å². The van der Waals surface area contributed by atoms with Crippen molar-refractivity contribution in [2.24, 2.45) is 5.73 Å². The van der Waals surface area contributed by atoms with Crippen LogP contribution in [0.1, 0.15) is 10.5 Å². The second kappa shape index (κ2) is 6.66. The molecule has 0 unspecified atom stereocenters. The lowest BCUT2D eigenvalue weighted by atomic mass is 10.0. The molecule has 0 saturated heterocycles. The number of carbonyl (C=O) groups is 1. The zero-order chi connectivity index (χ0) is 19.0. The van der Waals surface area contributed by atoms with Crippen LogP contribution in [0.5, 0.6) is 0 Å². The number of amides is 1. The van der Waals surface area contributed by atoms with Crippen molar-refractivity contribution in [3.63, 3.8) is 0 Å². The molecule has 0 bridgehead atoms. The number of primary amides is 1. The Bertz CT molecular complexity index is 1180. The number of anilines is 1. The molecule has 0 fully saturated rings. The summed E-state index contributed by atoms with van der Waals surface area (Å²) in [5.41, 5.74) is 14.4. The Morgan fingerprint density at radius 3 is 2.41 bits per heavy atom. The van der Waals surface area contributed by atoms with Gasteiger partial charge < -0.3 is 11.5 Å². The highest BCUT2D eigenvalue weighted by Gasteiger charge is 2.19. The zero-order valence-electron chi connectivity index (χ0n) is 14.1. The summed E-state index contributed by atoms with van der Waals surface area (Å²) in [6.07, 6.45) is 1.68. The fourth-order valence-electron chi connectivity index (χ4n) is 2.91. The van der Waals surface area contributed by atoms with Gasteiger partial charge in [-0.2, -0.15) is 0 Å². The Morgan fingerprint density at radius 1 is 0.926 bits per heavy atom. The maximum absolute atomic E-state index is 11.7. The molecular formula is C20H14ClN5O. The van der Waals surface area contributed by atoms with E-state index in [1.54, 1.807) is 12.3 Å². The van der Waals surface area contributed by atoms with E-state index in [2.05, 4.69) is 15.0 Å². The number of halogens is 1. The molecule has 0 atom stereocenters. The van der Waals surface area contributed by atoms with E-state index in [0.717, 1.165) is 10.9 Å². The Balaban J connectivity index is 2.04. The summed E-state index contributed by atoms with van der Waals surface area (Å²) in [6, 6.07) is 16.8. The van der Waals surface area contributed by atoms with E-state index < -0.39 is 5.91 Å². The molecule has 0 aliphatic heterocycles. The van der Waals surface area contributed by atoms with Crippen LogP contribution < -0.4 is 11.5 Å². The molecule has 4 N–H and O–H groups in total. The largest absolute Gasteiger partial charge is 0.382 e. The first-order chi connectivity index (χ1) is 13.0. The number of aromatic nitrogens is 3. The first-order valence-corrected chi connectivity index (χ1v) is 8.50. The lowest BCUT2D eigenvalue weighted by Crippen LogP contribution is -2.17. The van der Waals surface area contributed by atoms with Crippen LogP contribution in [0.3, 0.4) is 0 Å². The van der Waals surface area contributed by atoms with Crippen molar-refractivity contribution in [3.05, 3.63) is 71.5 Å². The highest BCUT2D eigenvalue weighted by atomic mass is 35.5. The lowest BCUT2D eigenvalue weighted by Gasteiger charge is -2.13. The van der Waals surface area contributed by atoms with Gasteiger partial charge in [0.05, 0.1) is 21.9 Å². The van der Waals surface area contributed by atoms with E-state index >= 15 is 0 Å². The molecule has 2 heterocycles. The minimum absolute atomic E-state index is 0.0151. The molecule has 1 amide bonds. The van der Waals surface area contributed by atoms with E-state index in [9.17, 15) is 4.79 Å². The van der Waals surface area contributed by atoms with E-state index in [1.807, 2.05) is 48.5 Å². The van der Waals surface area contributed by atoms with E-state index in [1.165, 1.54) is 0 Å². The van der Waals surface area contributed by atoms with Crippen molar-refractivity contribution in [1.82, 2.24) is 15.0 Å². The lowest BCUT2D eigenvalue weighted by molar-refractivity contribution is 0.0996. The summed E-state index contributed by atoms with van der Waals surface area (Å²) in [6.45, 7) is 0. The topological polar surface area (TPSA) is 108 Å². The van der Waals surface area contributed by atoms with Crippen molar-refractivity contribution in [2.45, 2.75) is 0 Å². The molecule has 0 aliphatic rings. The van der Waals surface area contributed by atoms with Gasteiger partial charge >= 0.3 is 0 Å². The molecule has 132 valence electrons. The van der Waals surface area contributed by atoms with Crippen LogP contribution in [0.25, 0.3) is 33.4 Å². The molecular weight excluding hydrogens is 362 g/mol. The SMILES string of the molecule is NC(=O)c1nc(-c2cc(Cl)c3ncccc3c2)c(-c2ccccc2)nc1N. The molecule has 2 aromatic heterocycles. The molecule has 0 aliphatic carbocycles. The number of benzene rings is 2. The van der Waals surface area contributed by atoms with Gasteiger partial charge in [0.1, 0.15) is 0 Å². The van der Waals surface area contributed by atoms with E-state index in [0.29, 0.717) is 27.5 Å². The quantitative estimate of drug-likeness (QED) is 0.567. The summed E-state index contributed by atoms with van der Waals surface area (Å²) < 4.78 is 0. The maximum atomic E-state index is 11.7. The molecule has 2 aromatic carbocycles. The minimum atomic E-state index is -0.741. The summed E-state index contributed by atoms with van der Waals surface area (Å²) in [7, 11) is 0. The van der Waals surface area contributed by atoms with Gasteiger partial charge in [-0.15, -0.1) is 0 Å². The van der Waals surface area contributed by atoms with Crippen LogP contribution in [-0.2, 0) is 0 Å². The van der Waals surface area contributed by atoms with Gasteiger partial charge in [-0.3, -0.25) is 9.78 Å². The molecule has 0 radical (unpaired) electrons. The summed E-state index contributed by atoms with van der Waals surface area (Å²) in [4.78, 5) is 24.9. The number of fused-ring (bicyclic) bond motifs is 1. The second-order valence-corrected chi connectivity index (χ2v) is 6.33. The minimum Gasteiger partial charge on any atom is -0.382 e. The number of hydrogen-bond acceptors (Lipinski definition) is 5. The van der Waals surface area contributed by atoms with E-state index in [4.69, 9.17) is 23.1 Å². The average Bonchev–Trinajstić information content (AvgIpc) is 2.68. The van der Waals surface area contributed by atoms with Gasteiger partial charge in [0.25, 0.3) is 5.91 Å². The molecule has 6 nitrogen and oxygen atoms in total. The van der Waals surface area contributed by atoms with E-state index in [-0.39, 0.29) is 11.5 Å². The van der Waals surface area contributed by atoms with Gasteiger partial charge in [-0.05, 0) is 18.2 Å². The summed E-state index contributed by atoms with van der Waals surface area (Å²) in [5, 5.41) is 1.32. The van der Waals surface area contributed by atoms with Crippen LogP contribution in [0.4, 0.5) is 5.82 Å². The molecule has 0 spiro atoms. The predicted molar refractivity (Wildman–Crippen MR) is 106 cm³/mol. The predicted octanol–water partition coefficient (Wildman–Crippen LogP) is 3.69. The summed E-state index contributed by atoms with van der Waals surface area (Å²) in [5.74, 6) is -0.756. The molecule has 4 aromatic rings. The monoisotopic (exact) mass is 375 g/mol. The third kappa shape index (κ3) is 3.07. The highest BCUT2D eigenvalue weighted by Crippen LogP contribution is 2.34. The number of hydrogen-bond donors (Lipinski definition) is 2. The van der Waals surface area contributed by atoms with Crippen LogP contribution >= 0.6 is 11.6 Å². The van der Waals surface area contributed by atoms with Crippen LogP contribution in [-0.4, -0.2) is 20.9 Å². The first kappa shape index (κ1) is 16.9. The van der Waals surface area contributed by atoms with Crippen LogP contribution in [0.15, 0.2) is 60.8 Å². The van der Waals surface area contributed by atoms with Crippen molar-refractivity contribution in [2.75, 3.05) is 5.73 Å². The molecule has 4 rings (SSSR count). The fraction of sp³-hybridized carbons (Fsp3) is 0. The Hall–Kier alpha value is -3.51. The Morgan fingerprint density at radius 2 is 1.67 bits per heavy atom. The van der Waals surface area contributed by atoms with Crippen molar-refractivity contribution in [3.8, 4) is 22.5 Å². The third-order valence-corrected chi connectivity index (χ3v) is 4.42. The normalized spacial score (nSPS) is 10.9. The molecule has 0 saturated carbocycles. The maximum Gasteiger partial charge on any atom is 0.271 e. The number of nitrogens with two attached hydrogens (primary N) is 2. The standard InChI is InChI=1S/C20H14ClN5O/c21-14-10-13(9-12-7-4-8-24-15(12)14)17-16(11-5-2-1-3-6-11)26-19(22)18(25-17)20(23)27/h1-10H,(H2,22,26)(H2,23,27).